The Hall–Kier alpha value is -3.95. The molecule has 3 nitrogen and oxygen atoms in total. The van der Waals surface area contributed by atoms with Crippen LogP contribution >= 0.6 is 11.6 Å². The molecule has 1 aliphatic rings. The van der Waals surface area contributed by atoms with Crippen LogP contribution in [0.3, 0.4) is 0 Å². The number of benzene rings is 4. The summed E-state index contributed by atoms with van der Waals surface area (Å²) in [5.74, 6) is -0.0100. The number of hydrogen-bond acceptors (Lipinski definition) is 2. The van der Waals surface area contributed by atoms with E-state index < -0.39 is 0 Å². The second-order valence-electron chi connectivity index (χ2n) is 8.58. The van der Waals surface area contributed by atoms with E-state index >= 15 is 0 Å². The van der Waals surface area contributed by atoms with Crippen molar-refractivity contribution in [3.8, 4) is 22.4 Å². The van der Waals surface area contributed by atoms with Gasteiger partial charge in [-0.05, 0) is 47.0 Å². The van der Waals surface area contributed by atoms with E-state index in [0.717, 1.165) is 38.9 Å². The first-order chi connectivity index (χ1) is 16.6. The van der Waals surface area contributed by atoms with Gasteiger partial charge in [-0.15, -0.1) is 0 Å². The molecule has 1 aromatic heterocycles. The van der Waals surface area contributed by atoms with Gasteiger partial charge in [-0.3, -0.25) is 9.59 Å². The highest BCUT2D eigenvalue weighted by atomic mass is 35.5. The van der Waals surface area contributed by atoms with Crippen LogP contribution < -0.4 is 5.56 Å². The first-order valence-corrected chi connectivity index (χ1v) is 11.6. The molecule has 0 saturated carbocycles. The van der Waals surface area contributed by atoms with Crippen LogP contribution in [0.5, 0.6) is 0 Å². The zero-order valence-corrected chi connectivity index (χ0v) is 19.0. The molecular formula is C30H20ClNO2. The largest absolute Gasteiger partial charge is 0.303 e. The molecular weight excluding hydrogens is 442 g/mol. The van der Waals surface area contributed by atoms with Gasteiger partial charge >= 0.3 is 0 Å². The highest BCUT2D eigenvalue weighted by Crippen LogP contribution is 2.42. The van der Waals surface area contributed by atoms with Gasteiger partial charge in [0, 0.05) is 38.9 Å². The van der Waals surface area contributed by atoms with Crippen LogP contribution in [0.2, 0.25) is 5.02 Å². The van der Waals surface area contributed by atoms with Gasteiger partial charge in [0.05, 0.1) is 12.2 Å². The molecule has 0 radical (unpaired) electrons. The second kappa shape index (κ2) is 8.12. The Bertz CT molecular complexity index is 1630. The Balaban J connectivity index is 1.65. The number of rotatable bonds is 4. The summed E-state index contributed by atoms with van der Waals surface area (Å²) in [5.41, 5.74) is 6.57. The molecule has 6 rings (SSSR count). The van der Waals surface area contributed by atoms with Gasteiger partial charge in [-0.2, -0.15) is 0 Å². The van der Waals surface area contributed by atoms with E-state index in [-0.39, 0.29) is 17.8 Å². The third-order valence-corrected chi connectivity index (χ3v) is 6.82. The fraction of sp³-hybridized carbons (Fsp3) is 0.0667. The first kappa shape index (κ1) is 20.6. The molecule has 0 bridgehead atoms. The van der Waals surface area contributed by atoms with Crippen molar-refractivity contribution < 1.29 is 4.79 Å². The number of carbonyl (C=O) groups is 1. The molecule has 0 aliphatic carbocycles. The lowest BCUT2D eigenvalue weighted by Gasteiger charge is -2.18. The molecule has 164 valence electrons. The average Bonchev–Trinajstić information content (AvgIpc) is 3.25. The third-order valence-electron chi connectivity index (χ3n) is 6.56. The molecule has 0 atom stereocenters. The van der Waals surface area contributed by atoms with E-state index in [1.54, 1.807) is 24.3 Å². The van der Waals surface area contributed by atoms with Gasteiger partial charge in [0.25, 0.3) is 5.56 Å². The van der Waals surface area contributed by atoms with Crippen molar-refractivity contribution in [2.24, 2.45) is 0 Å². The number of aromatic nitrogens is 1. The molecule has 5 aromatic rings. The summed E-state index contributed by atoms with van der Waals surface area (Å²) in [6.07, 6.45) is 0.198. The molecule has 1 aliphatic heterocycles. The monoisotopic (exact) mass is 461 g/mol. The molecule has 0 saturated heterocycles. The van der Waals surface area contributed by atoms with Crippen LogP contribution in [-0.4, -0.2) is 10.4 Å². The topological polar surface area (TPSA) is 39.1 Å². The van der Waals surface area contributed by atoms with Crippen LogP contribution in [0.25, 0.3) is 33.2 Å². The second-order valence-corrected chi connectivity index (χ2v) is 9.02. The maximum absolute atomic E-state index is 13.7. The highest BCUT2D eigenvalue weighted by molar-refractivity contribution is 6.30. The summed E-state index contributed by atoms with van der Waals surface area (Å²) >= 11 is 6.01. The van der Waals surface area contributed by atoms with Crippen molar-refractivity contribution in [1.82, 2.24) is 4.57 Å². The lowest BCUT2D eigenvalue weighted by molar-refractivity contribution is 0.0993. The van der Waals surface area contributed by atoms with Gasteiger partial charge in [-0.25, -0.2) is 0 Å². The molecule has 34 heavy (non-hydrogen) atoms. The van der Waals surface area contributed by atoms with Crippen molar-refractivity contribution in [2.45, 2.75) is 13.0 Å². The van der Waals surface area contributed by atoms with Gasteiger partial charge in [-0.1, -0.05) is 78.3 Å². The van der Waals surface area contributed by atoms with E-state index in [1.165, 1.54) is 0 Å². The molecule has 0 amide bonds. The van der Waals surface area contributed by atoms with Gasteiger partial charge in [0.1, 0.15) is 0 Å². The summed E-state index contributed by atoms with van der Waals surface area (Å²) < 4.78 is 1.88. The van der Waals surface area contributed by atoms with Crippen molar-refractivity contribution in [3.63, 3.8) is 0 Å². The summed E-state index contributed by atoms with van der Waals surface area (Å²) in [6, 6.07) is 30.9. The van der Waals surface area contributed by atoms with E-state index in [0.29, 0.717) is 22.5 Å². The Morgan fingerprint density at radius 2 is 1.56 bits per heavy atom. The average molecular weight is 462 g/mol. The van der Waals surface area contributed by atoms with Crippen molar-refractivity contribution in [1.29, 1.82) is 0 Å². The number of nitrogens with zero attached hydrogens (tertiary/aromatic N) is 1. The standard InChI is InChI=1S/C30H20ClNO2/c31-23-15-13-19(14-16-23)26(33)17-21-10-6-12-25-27(21)28(20-7-2-1-3-8-20)29-24-11-5-4-9-22(24)18-32(29)30(25)34/h1-16H,17-18H2. The normalized spacial score (nSPS) is 11.9. The number of hydrogen-bond donors (Lipinski definition) is 0. The van der Waals surface area contributed by atoms with Crippen molar-refractivity contribution in [3.05, 3.63) is 129 Å². The zero-order valence-electron chi connectivity index (χ0n) is 18.3. The predicted molar refractivity (Wildman–Crippen MR) is 138 cm³/mol. The van der Waals surface area contributed by atoms with E-state index in [1.807, 2.05) is 53.1 Å². The van der Waals surface area contributed by atoms with Gasteiger partial charge in [0.15, 0.2) is 5.78 Å². The zero-order chi connectivity index (χ0) is 23.2. The quantitative estimate of drug-likeness (QED) is 0.271. The first-order valence-electron chi connectivity index (χ1n) is 11.2. The maximum Gasteiger partial charge on any atom is 0.259 e. The molecule has 2 heterocycles. The molecule has 4 aromatic carbocycles. The van der Waals surface area contributed by atoms with Crippen LogP contribution in [0, 0.1) is 0 Å². The molecule has 0 spiro atoms. The minimum atomic E-state index is -0.0262. The van der Waals surface area contributed by atoms with Gasteiger partial charge in [0.2, 0.25) is 0 Å². The van der Waals surface area contributed by atoms with Crippen molar-refractivity contribution in [2.75, 3.05) is 0 Å². The van der Waals surface area contributed by atoms with E-state index in [4.69, 9.17) is 11.6 Å². The van der Waals surface area contributed by atoms with Crippen LogP contribution in [0.1, 0.15) is 21.5 Å². The smallest absolute Gasteiger partial charge is 0.259 e. The minimum Gasteiger partial charge on any atom is -0.303 e. The fourth-order valence-corrected chi connectivity index (χ4v) is 5.13. The lowest BCUT2D eigenvalue weighted by Crippen LogP contribution is -2.20. The highest BCUT2D eigenvalue weighted by Gasteiger charge is 2.27. The van der Waals surface area contributed by atoms with Gasteiger partial charge < -0.3 is 4.57 Å². The van der Waals surface area contributed by atoms with E-state index in [9.17, 15) is 9.59 Å². The molecule has 4 heteroatoms. The lowest BCUT2D eigenvalue weighted by atomic mass is 9.89. The molecule has 0 unspecified atom stereocenters. The number of halogens is 1. The number of carbonyl (C=O) groups excluding carboxylic acids is 1. The SMILES string of the molecule is O=C(Cc1cccc2c(=O)n3c(c(-c4ccccc4)c12)-c1ccccc1C3)c1ccc(Cl)cc1. The molecule has 0 N–H and O–H groups in total. The number of pyridine rings is 1. The van der Waals surface area contributed by atoms with Crippen LogP contribution in [0.15, 0.2) is 102 Å². The summed E-state index contributed by atoms with van der Waals surface area (Å²) in [4.78, 5) is 26.9. The predicted octanol–water partition coefficient (Wildman–Crippen LogP) is 6.78. The summed E-state index contributed by atoms with van der Waals surface area (Å²) in [6.45, 7) is 0.550. The van der Waals surface area contributed by atoms with Crippen LogP contribution in [-0.2, 0) is 13.0 Å². The number of ketones is 1. The minimum absolute atomic E-state index is 0.0100. The maximum atomic E-state index is 13.7. The fourth-order valence-electron chi connectivity index (χ4n) is 5.01. The number of fused-ring (bicyclic) bond motifs is 4. The Morgan fingerprint density at radius 1 is 0.824 bits per heavy atom. The Labute approximate surface area is 201 Å². The van der Waals surface area contributed by atoms with E-state index in [2.05, 4.69) is 24.3 Å². The summed E-state index contributed by atoms with van der Waals surface area (Å²) in [7, 11) is 0. The third kappa shape index (κ3) is 3.28. The Morgan fingerprint density at radius 3 is 2.35 bits per heavy atom. The van der Waals surface area contributed by atoms with Crippen LogP contribution in [0.4, 0.5) is 0 Å². The summed E-state index contributed by atoms with van der Waals surface area (Å²) in [5, 5.41) is 2.08. The van der Waals surface area contributed by atoms with Crippen molar-refractivity contribution >= 4 is 28.2 Å². The Kier molecular flexibility index (Phi) is 4.93. The molecule has 0 fully saturated rings. The number of Topliss-reactive ketones (excluding diaryl/α,β-unsaturated/α-hetero) is 1.